The summed E-state index contributed by atoms with van der Waals surface area (Å²) in [7, 11) is 2.88. The van der Waals surface area contributed by atoms with Gasteiger partial charge in [0, 0.05) is 0 Å². The van der Waals surface area contributed by atoms with Crippen LogP contribution in [0.3, 0.4) is 0 Å². The molecule has 0 bridgehead atoms. The van der Waals surface area contributed by atoms with Gasteiger partial charge in [-0.3, -0.25) is 9.59 Å². The van der Waals surface area contributed by atoms with Crippen molar-refractivity contribution in [1.82, 2.24) is 0 Å². The Morgan fingerprint density at radius 3 is 1.38 bits per heavy atom. The number of carbonyl (C=O) groups is 2. The van der Waals surface area contributed by atoms with Crippen LogP contribution in [0, 0.1) is 23.7 Å². The maximum Gasteiger partial charge on any atom is 0.308 e. The van der Waals surface area contributed by atoms with Crippen molar-refractivity contribution in [2.75, 3.05) is 14.2 Å². The molecule has 2 saturated carbocycles. The van der Waals surface area contributed by atoms with E-state index in [2.05, 4.69) is 0 Å². The van der Waals surface area contributed by atoms with Crippen LogP contribution in [0.25, 0.3) is 0 Å². The van der Waals surface area contributed by atoms with Gasteiger partial charge in [-0.05, 0) is 37.5 Å². The first kappa shape index (κ1) is 11.4. The molecule has 0 atom stereocenters. The number of hydrogen-bond donors (Lipinski definition) is 0. The summed E-state index contributed by atoms with van der Waals surface area (Å²) < 4.78 is 9.53. The molecule has 0 aliphatic heterocycles. The summed E-state index contributed by atoms with van der Waals surface area (Å²) in [6.07, 6.45) is 3.52. The van der Waals surface area contributed by atoms with Crippen molar-refractivity contribution >= 4 is 11.9 Å². The number of hydrogen-bond acceptors (Lipinski definition) is 4. The van der Waals surface area contributed by atoms with E-state index < -0.39 is 0 Å². The second-order valence-electron chi connectivity index (χ2n) is 4.90. The van der Waals surface area contributed by atoms with E-state index in [1.807, 2.05) is 0 Å². The zero-order valence-electron chi connectivity index (χ0n) is 9.77. The number of fused-ring (bicyclic) bond motifs is 1. The number of ether oxygens (including phenoxy) is 2. The van der Waals surface area contributed by atoms with E-state index in [0.29, 0.717) is 11.8 Å². The fourth-order valence-electron chi connectivity index (χ4n) is 3.33. The Hall–Kier alpha value is -1.06. The van der Waals surface area contributed by atoms with E-state index in [1.54, 1.807) is 0 Å². The Morgan fingerprint density at radius 2 is 1.12 bits per heavy atom. The van der Waals surface area contributed by atoms with Crippen LogP contribution in [0.4, 0.5) is 0 Å². The molecule has 0 aromatic carbocycles. The van der Waals surface area contributed by atoms with Gasteiger partial charge in [-0.1, -0.05) is 0 Å². The summed E-state index contributed by atoms with van der Waals surface area (Å²) in [4.78, 5) is 22.8. The normalized spacial score (nSPS) is 36.9. The molecule has 4 nitrogen and oxygen atoms in total. The van der Waals surface area contributed by atoms with E-state index in [-0.39, 0.29) is 23.8 Å². The zero-order valence-corrected chi connectivity index (χ0v) is 9.77. The van der Waals surface area contributed by atoms with Crippen molar-refractivity contribution in [2.45, 2.75) is 25.7 Å². The molecule has 0 aromatic rings. The van der Waals surface area contributed by atoms with Crippen molar-refractivity contribution in [1.29, 1.82) is 0 Å². The first-order valence-electron chi connectivity index (χ1n) is 5.81. The van der Waals surface area contributed by atoms with Crippen LogP contribution in [-0.4, -0.2) is 26.2 Å². The van der Waals surface area contributed by atoms with Gasteiger partial charge in [0.2, 0.25) is 0 Å². The van der Waals surface area contributed by atoms with Crippen molar-refractivity contribution in [3.05, 3.63) is 0 Å². The largest absolute Gasteiger partial charge is 0.469 e. The van der Waals surface area contributed by atoms with E-state index in [1.165, 1.54) is 14.2 Å². The number of rotatable bonds is 2. The average molecular weight is 226 g/mol. The third kappa shape index (κ3) is 1.93. The van der Waals surface area contributed by atoms with Gasteiger partial charge in [0.05, 0.1) is 26.1 Å². The van der Waals surface area contributed by atoms with Crippen molar-refractivity contribution in [3.8, 4) is 0 Å². The SMILES string of the molecule is COC(=O)C1CC2CC(C(=O)OC)CC2C1. The van der Waals surface area contributed by atoms with E-state index >= 15 is 0 Å². The van der Waals surface area contributed by atoms with Gasteiger partial charge in [0.1, 0.15) is 0 Å². The molecule has 0 spiro atoms. The first-order valence-corrected chi connectivity index (χ1v) is 5.81. The Labute approximate surface area is 95.3 Å². The molecule has 0 aromatic heterocycles. The summed E-state index contributed by atoms with van der Waals surface area (Å²) in [5.74, 6) is 0.937. The molecule has 2 rings (SSSR count). The van der Waals surface area contributed by atoms with Gasteiger partial charge >= 0.3 is 11.9 Å². The van der Waals surface area contributed by atoms with Gasteiger partial charge in [0.25, 0.3) is 0 Å². The minimum absolute atomic E-state index is 0.0543. The molecule has 4 heteroatoms. The van der Waals surface area contributed by atoms with Crippen molar-refractivity contribution < 1.29 is 19.1 Å². The molecule has 90 valence electrons. The van der Waals surface area contributed by atoms with Crippen LogP contribution < -0.4 is 0 Å². The van der Waals surface area contributed by atoms with Crippen molar-refractivity contribution in [2.24, 2.45) is 23.7 Å². The fourth-order valence-corrected chi connectivity index (χ4v) is 3.33. The Kier molecular flexibility index (Phi) is 3.17. The lowest BCUT2D eigenvalue weighted by Crippen LogP contribution is -2.17. The molecule has 2 aliphatic rings. The standard InChI is InChI=1S/C12H18O4/c1-15-11(13)9-3-7-5-10(12(14)16-2)6-8(7)4-9/h7-10H,3-6H2,1-2H3. The fraction of sp³-hybridized carbons (Fsp3) is 0.833. The summed E-state index contributed by atoms with van der Waals surface area (Å²) in [5, 5.41) is 0. The highest BCUT2D eigenvalue weighted by Crippen LogP contribution is 2.49. The minimum atomic E-state index is -0.0935. The highest BCUT2D eigenvalue weighted by atomic mass is 16.5. The number of esters is 2. The van der Waals surface area contributed by atoms with Gasteiger partial charge in [-0.25, -0.2) is 0 Å². The molecule has 16 heavy (non-hydrogen) atoms. The molecule has 0 radical (unpaired) electrons. The first-order chi connectivity index (χ1) is 7.65. The number of methoxy groups -OCH3 is 2. The third-order valence-electron chi connectivity index (χ3n) is 4.08. The predicted molar refractivity (Wildman–Crippen MR) is 56.5 cm³/mol. The number of carbonyl (C=O) groups excluding carboxylic acids is 2. The molecule has 0 saturated heterocycles. The monoisotopic (exact) mass is 226 g/mol. The molecular weight excluding hydrogens is 208 g/mol. The minimum Gasteiger partial charge on any atom is -0.469 e. The van der Waals surface area contributed by atoms with Gasteiger partial charge in [-0.2, -0.15) is 0 Å². The second-order valence-corrected chi connectivity index (χ2v) is 4.90. The summed E-state index contributed by atoms with van der Waals surface area (Å²) in [5.41, 5.74) is 0. The Bertz CT molecular complexity index is 257. The van der Waals surface area contributed by atoms with Crippen LogP contribution in [0.15, 0.2) is 0 Å². The quantitative estimate of drug-likeness (QED) is 0.667. The van der Waals surface area contributed by atoms with E-state index in [9.17, 15) is 9.59 Å². The second kappa shape index (κ2) is 4.44. The van der Waals surface area contributed by atoms with E-state index in [0.717, 1.165) is 25.7 Å². The molecule has 0 N–H and O–H groups in total. The van der Waals surface area contributed by atoms with Gasteiger partial charge in [-0.15, -0.1) is 0 Å². The zero-order chi connectivity index (χ0) is 11.7. The lowest BCUT2D eigenvalue weighted by Gasteiger charge is -2.11. The lowest BCUT2D eigenvalue weighted by atomic mass is 9.98. The maximum absolute atomic E-state index is 11.4. The molecule has 2 aliphatic carbocycles. The van der Waals surface area contributed by atoms with Gasteiger partial charge < -0.3 is 9.47 Å². The van der Waals surface area contributed by atoms with E-state index in [4.69, 9.17) is 9.47 Å². The van der Waals surface area contributed by atoms with Crippen LogP contribution in [-0.2, 0) is 19.1 Å². The molecular formula is C12H18O4. The van der Waals surface area contributed by atoms with Gasteiger partial charge in [0.15, 0.2) is 0 Å². The van der Waals surface area contributed by atoms with Crippen LogP contribution in [0.1, 0.15) is 25.7 Å². The average Bonchev–Trinajstić information content (AvgIpc) is 2.84. The third-order valence-corrected chi connectivity index (χ3v) is 4.08. The highest BCUT2D eigenvalue weighted by molar-refractivity contribution is 5.74. The van der Waals surface area contributed by atoms with Crippen LogP contribution in [0.5, 0.6) is 0 Å². The Balaban J connectivity index is 1.91. The van der Waals surface area contributed by atoms with Crippen molar-refractivity contribution in [3.63, 3.8) is 0 Å². The molecule has 0 unspecified atom stereocenters. The lowest BCUT2D eigenvalue weighted by molar-refractivity contribution is -0.145. The van der Waals surface area contributed by atoms with Crippen LogP contribution in [0.2, 0.25) is 0 Å². The smallest absolute Gasteiger partial charge is 0.308 e. The van der Waals surface area contributed by atoms with Crippen LogP contribution >= 0.6 is 0 Å². The molecule has 2 fully saturated rings. The summed E-state index contributed by atoms with van der Waals surface area (Å²) in [6.45, 7) is 0. The topological polar surface area (TPSA) is 52.6 Å². The summed E-state index contributed by atoms with van der Waals surface area (Å²) >= 11 is 0. The maximum atomic E-state index is 11.4. The Morgan fingerprint density at radius 1 is 0.812 bits per heavy atom. The highest BCUT2D eigenvalue weighted by Gasteiger charge is 2.46. The predicted octanol–water partition coefficient (Wildman–Crippen LogP) is 1.38. The summed E-state index contributed by atoms with van der Waals surface area (Å²) in [6, 6.07) is 0. The molecule has 0 heterocycles. The molecule has 0 amide bonds.